The molecule has 0 atom stereocenters. The van der Waals surface area contributed by atoms with Crippen LogP contribution in [0.3, 0.4) is 0 Å². The van der Waals surface area contributed by atoms with Gasteiger partial charge in [-0.25, -0.2) is 4.39 Å². The summed E-state index contributed by atoms with van der Waals surface area (Å²) >= 11 is 3.24. The summed E-state index contributed by atoms with van der Waals surface area (Å²) in [5.74, 6) is -0.190. The van der Waals surface area contributed by atoms with Crippen LogP contribution in [0, 0.1) is 5.82 Å². The van der Waals surface area contributed by atoms with Gasteiger partial charge in [-0.3, -0.25) is 0 Å². The van der Waals surface area contributed by atoms with Gasteiger partial charge in [0.05, 0.1) is 4.60 Å². The standard InChI is InChI=1S/C8H5BrFN/c9-8-4-5-6(10)2-1-3-7(5)11-8/h1-4,11H. The largest absolute Gasteiger partial charge is 0.349 e. The Balaban J connectivity index is 2.90. The van der Waals surface area contributed by atoms with Crippen molar-refractivity contribution in [2.45, 2.75) is 0 Å². The molecule has 0 spiro atoms. The van der Waals surface area contributed by atoms with Crippen LogP contribution in [0.5, 0.6) is 0 Å². The molecular weight excluding hydrogens is 209 g/mol. The molecule has 1 aromatic heterocycles. The molecule has 1 heterocycles. The van der Waals surface area contributed by atoms with Gasteiger partial charge in [0.15, 0.2) is 0 Å². The van der Waals surface area contributed by atoms with Crippen molar-refractivity contribution in [3.8, 4) is 0 Å². The van der Waals surface area contributed by atoms with Crippen LogP contribution in [-0.2, 0) is 0 Å². The highest BCUT2D eigenvalue weighted by Crippen LogP contribution is 2.21. The van der Waals surface area contributed by atoms with Gasteiger partial charge in [0.1, 0.15) is 5.82 Å². The molecule has 1 nitrogen and oxygen atoms in total. The average Bonchev–Trinajstić information content (AvgIpc) is 2.31. The summed E-state index contributed by atoms with van der Waals surface area (Å²) in [6.45, 7) is 0. The normalized spacial score (nSPS) is 10.7. The van der Waals surface area contributed by atoms with E-state index in [-0.39, 0.29) is 5.82 Å². The Morgan fingerprint density at radius 1 is 1.36 bits per heavy atom. The molecule has 0 saturated carbocycles. The summed E-state index contributed by atoms with van der Waals surface area (Å²) in [5.41, 5.74) is 0.817. The molecule has 1 aromatic carbocycles. The maximum atomic E-state index is 13.0. The molecule has 0 unspecified atom stereocenters. The van der Waals surface area contributed by atoms with Crippen LogP contribution in [0.15, 0.2) is 28.9 Å². The molecule has 0 saturated heterocycles. The molecule has 2 rings (SSSR count). The van der Waals surface area contributed by atoms with Gasteiger partial charge in [0.25, 0.3) is 0 Å². The zero-order chi connectivity index (χ0) is 7.84. The van der Waals surface area contributed by atoms with Crippen LogP contribution in [0.2, 0.25) is 0 Å². The van der Waals surface area contributed by atoms with E-state index in [1.807, 2.05) is 6.07 Å². The summed E-state index contributed by atoms with van der Waals surface area (Å²) in [6.07, 6.45) is 0. The molecular formula is C8H5BrFN. The lowest BCUT2D eigenvalue weighted by Crippen LogP contribution is -1.72. The first kappa shape index (κ1) is 6.85. The van der Waals surface area contributed by atoms with Crippen LogP contribution in [0.25, 0.3) is 10.9 Å². The molecule has 0 aliphatic rings. The number of aromatic amines is 1. The number of fused-ring (bicyclic) bond motifs is 1. The fourth-order valence-corrected chi connectivity index (χ4v) is 1.53. The molecule has 11 heavy (non-hydrogen) atoms. The molecule has 3 heteroatoms. The first-order valence-electron chi connectivity index (χ1n) is 3.20. The minimum absolute atomic E-state index is 0.190. The summed E-state index contributed by atoms with van der Waals surface area (Å²) in [5, 5.41) is 0.624. The Kier molecular flexibility index (Phi) is 1.46. The van der Waals surface area contributed by atoms with Gasteiger partial charge < -0.3 is 4.98 Å². The van der Waals surface area contributed by atoms with Gasteiger partial charge in [0.2, 0.25) is 0 Å². The number of aromatic nitrogens is 1. The maximum absolute atomic E-state index is 13.0. The van der Waals surface area contributed by atoms with Gasteiger partial charge in [-0.2, -0.15) is 0 Å². The molecule has 0 aliphatic carbocycles. The highest BCUT2D eigenvalue weighted by atomic mass is 79.9. The van der Waals surface area contributed by atoms with Gasteiger partial charge in [-0.15, -0.1) is 0 Å². The van der Waals surface area contributed by atoms with Gasteiger partial charge in [0, 0.05) is 10.9 Å². The van der Waals surface area contributed by atoms with E-state index in [1.165, 1.54) is 6.07 Å². The molecule has 0 radical (unpaired) electrons. The zero-order valence-corrected chi connectivity index (χ0v) is 7.15. The quantitative estimate of drug-likeness (QED) is 0.693. The average molecular weight is 214 g/mol. The Bertz CT molecular complexity index is 394. The van der Waals surface area contributed by atoms with E-state index in [1.54, 1.807) is 12.1 Å². The summed E-state index contributed by atoms with van der Waals surface area (Å²) < 4.78 is 13.8. The zero-order valence-electron chi connectivity index (χ0n) is 5.57. The number of halogens is 2. The van der Waals surface area contributed by atoms with E-state index in [0.717, 1.165) is 10.1 Å². The second-order valence-corrected chi connectivity index (χ2v) is 3.17. The molecule has 1 N–H and O–H groups in total. The molecule has 0 fully saturated rings. The van der Waals surface area contributed by atoms with Crippen LogP contribution in [0.1, 0.15) is 0 Å². The van der Waals surface area contributed by atoms with Crippen molar-refractivity contribution in [3.63, 3.8) is 0 Å². The first-order chi connectivity index (χ1) is 5.27. The maximum Gasteiger partial charge on any atom is 0.132 e. The van der Waals surface area contributed by atoms with E-state index in [2.05, 4.69) is 20.9 Å². The van der Waals surface area contributed by atoms with Gasteiger partial charge >= 0.3 is 0 Å². The number of benzene rings is 1. The Hall–Kier alpha value is -0.830. The number of nitrogens with one attached hydrogen (secondary N) is 1. The molecule has 2 aromatic rings. The Morgan fingerprint density at radius 2 is 2.18 bits per heavy atom. The second-order valence-electron chi connectivity index (χ2n) is 2.32. The Morgan fingerprint density at radius 3 is 2.91 bits per heavy atom. The summed E-state index contributed by atoms with van der Waals surface area (Å²) in [6, 6.07) is 6.69. The van der Waals surface area contributed by atoms with Gasteiger partial charge in [-0.05, 0) is 34.1 Å². The third-order valence-electron chi connectivity index (χ3n) is 1.58. The Labute approximate surface area is 71.4 Å². The highest BCUT2D eigenvalue weighted by Gasteiger charge is 2.01. The third-order valence-corrected chi connectivity index (χ3v) is 2.01. The fraction of sp³-hybridized carbons (Fsp3) is 0. The van der Waals surface area contributed by atoms with E-state index < -0.39 is 0 Å². The predicted octanol–water partition coefficient (Wildman–Crippen LogP) is 3.07. The van der Waals surface area contributed by atoms with E-state index >= 15 is 0 Å². The van der Waals surface area contributed by atoms with Crippen molar-refractivity contribution >= 4 is 26.8 Å². The minimum atomic E-state index is -0.190. The lowest BCUT2D eigenvalue weighted by molar-refractivity contribution is 0.640. The number of rotatable bonds is 0. The van der Waals surface area contributed by atoms with E-state index in [9.17, 15) is 4.39 Å². The van der Waals surface area contributed by atoms with Crippen molar-refractivity contribution in [1.82, 2.24) is 4.98 Å². The topological polar surface area (TPSA) is 15.8 Å². The van der Waals surface area contributed by atoms with Crippen molar-refractivity contribution in [2.75, 3.05) is 0 Å². The van der Waals surface area contributed by atoms with Crippen molar-refractivity contribution in [1.29, 1.82) is 0 Å². The van der Waals surface area contributed by atoms with Crippen molar-refractivity contribution in [2.24, 2.45) is 0 Å². The number of H-pyrrole nitrogens is 1. The SMILES string of the molecule is Fc1cccc2[nH]c(Br)cc12. The van der Waals surface area contributed by atoms with E-state index in [4.69, 9.17) is 0 Å². The van der Waals surface area contributed by atoms with Crippen LogP contribution < -0.4 is 0 Å². The monoisotopic (exact) mass is 213 g/mol. The molecule has 56 valence electrons. The van der Waals surface area contributed by atoms with Crippen molar-refractivity contribution < 1.29 is 4.39 Å². The predicted molar refractivity (Wildman–Crippen MR) is 46.0 cm³/mol. The highest BCUT2D eigenvalue weighted by molar-refractivity contribution is 9.10. The molecule has 0 amide bonds. The minimum Gasteiger partial charge on any atom is -0.349 e. The van der Waals surface area contributed by atoms with E-state index in [0.29, 0.717) is 5.39 Å². The molecule has 0 bridgehead atoms. The fourth-order valence-electron chi connectivity index (χ4n) is 1.08. The number of hydrogen-bond acceptors (Lipinski definition) is 0. The summed E-state index contributed by atoms with van der Waals surface area (Å²) in [7, 11) is 0. The summed E-state index contributed by atoms with van der Waals surface area (Å²) in [4.78, 5) is 2.98. The van der Waals surface area contributed by atoms with Crippen LogP contribution in [0.4, 0.5) is 4.39 Å². The smallest absolute Gasteiger partial charge is 0.132 e. The van der Waals surface area contributed by atoms with Crippen molar-refractivity contribution in [3.05, 3.63) is 34.7 Å². The molecule has 0 aliphatic heterocycles. The lowest BCUT2D eigenvalue weighted by atomic mass is 10.2. The van der Waals surface area contributed by atoms with Crippen LogP contribution in [-0.4, -0.2) is 4.98 Å². The van der Waals surface area contributed by atoms with Crippen LogP contribution >= 0.6 is 15.9 Å². The first-order valence-corrected chi connectivity index (χ1v) is 3.99. The lowest BCUT2D eigenvalue weighted by Gasteiger charge is -1.88. The number of hydrogen-bond donors (Lipinski definition) is 1. The third kappa shape index (κ3) is 1.05. The van der Waals surface area contributed by atoms with Gasteiger partial charge in [-0.1, -0.05) is 6.07 Å². The second kappa shape index (κ2) is 2.34.